The van der Waals surface area contributed by atoms with Gasteiger partial charge in [0.2, 0.25) is 0 Å². The molecule has 3 N–H and O–H groups in total. The van der Waals surface area contributed by atoms with Crippen molar-refractivity contribution in [3.8, 4) is 11.5 Å². The standard InChI is InChI=1S/C31H34N4O4/c1-21-30(20-37-24-8-9-26-23(15-24)16-29(38-26)25-19-34-12-13-35-25)39-28-7-2-6-27(31(21)28)36-14-4-11-33-18-22-5-3-10-32-17-22/h2-3,5-10,15-17,25,33-35H,4,11-14,18-20H2,1H3. The average molecular weight is 527 g/mol. The molecule has 0 amide bonds. The Morgan fingerprint density at radius 2 is 2.00 bits per heavy atom. The Balaban J connectivity index is 1.06. The molecule has 202 valence electrons. The minimum Gasteiger partial charge on any atom is -0.493 e. The summed E-state index contributed by atoms with van der Waals surface area (Å²) in [6.07, 6.45) is 4.57. The van der Waals surface area contributed by atoms with Crippen molar-refractivity contribution in [1.82, 2.24) is 20.9 Å². The average Bonchev–Trinajstić information content (AvgIpc) is 3.55. The Bertz CT molecular complexity index is 1520. The van der Waals surface area contributed by atoms with Crippen molar-refractivity contribution in [1.29, 1.82) is 0 Å². The number of pyridine rings is 1. The number of fused-ring (bicyclic) bond motifs is 2. The molecule has 3 aromatic heterocycles. The van der Waals surface area contributed by atoms with Crippen LogP contribution >= 0.6 is 0 Å². The van der Waals surface area contributed by atoms with Gasteiger partial charge in [0.15, 0.2) is 0 Å². The molecule has 1 fully saturated rings. The molecular formula is C31H34N4O4. The highest BCUT2D eigenvalue weighted by atomic mass is 16.5. The van der Waals surface area contributed by atoms with Crippen LogP contribution in [0.3, 0.4) is 0 Å². The van der Waals surface area contributed by atoms with E-state index in [1.54, 1.807) is 6.20 Å². The Kier molecular flexibility index (Phi) is 7.76. The van der Waals surface area contributed by atoms with Gasteiger partial charge >= 0.3 is 0 Å². The number of ether oxygens (including phenoxy) is 2. The van der Waals surface area contributed by atoms with Crippen LogP contribution in [-0.4, -0.2) is 37.8 Å². The molecule has 0 radical (unpaired) electrons. The molecule has 2 aromatic carbocycles. The Morgan fingerprint density at radius 1 is 1.03 bits per heavy atom. The Labute approximate surface area is 227 Å². The van der Waals surface area contributed by atoms with Crippen LogP contribution in [0.1, 0.15) is 35.1 Å². The van der Waals surface area contributed by atoms with Gasteiger partial charge in [-0.25, -0.2) is 0 Å². The zero-order chi connectivity index (χ0) is 26.4. The molecule has 0 bridgehead atoms. The van der Waals surface area contributed by atoms with Crippen LogP contribution in [0.25, 0.3) is 21.9 Å². The van der Waals surface area contributed by atoms with E-state index in [0.29, 0.717) is 13.2 Å². The molecule has 0 aliphatic carbocycles. The first-order valence-electron chi connectivity index (χ1n) is 13.6. The van der Waals surface area contributed by atoms with E-state index in [1.165, 1.54) is 5.56 Å². The van der Waals surface area contributed by atoms with E-state index in [1.807, 2.05) is 48.7 Å². The SMILES string of the molecule is Cc1c(COc2ccc3oc(C4CNCCN4)cc3c2)oc2cccc(OCCCNCc3cccnc3)c12. The lowest BCUT2D eigenvalue weighted by atomic mass is 10.1. The summed E-state index contributed by atoms with van der Waals surface area (Å²) in [4.78, 5) is 4.15. The van der Waals surface area contributed by atoms with E-state index < -0.39 is 0 Å². The minimum atomic E-state index is 0.188. The highest BCUT2D eigenvalue weighted by Gasteiger charge is 2.19. The van der Waals surface area contributed by atoms with Gasteiger partial charge in [0.05, 0.1) is 18.0 Å². The molecule has 8 nitrogen and oxygen atoms in total. The minimum absolute atomic E-state index is 0.188. The molecular weight excluding hydrogens is 492 g/mol. The van der Waals surface area contributed by atoms with Crippen LogP contribution in [0.5, 0.6) is 11.5 Å². The fourth-order valence-corrected chi connectivity index (χ4v) is 4.99. The fourth-order valence-electron chi connectivity index (χ4n) is 4.99. The largest absolute Gasteiger partial charge is 0.493 e. The highest BCUT2D eigenvalue weighted by Crippen LogP contribution is 2.34. The lowest BCUT2D eigenvalue weighted by Crippen LogP contribution is -2.42. The maximum Gasteiger partial charge on any atom is 0.146 e. The second kappa shape index (κ2) is 11.9. The normalized spacial score (nSPS) is 15.7. The molecule has 1 unspecified atom stereocenters. The quantitative estimate of drug-likeness (QED) is 0.201. The number of hydrogen-bond acceptors (Lipinski definition) is 8. The molecule has 1 saturated heterocycles. The molecule has 1 atom stereocenters. The van der Waals surface area contributed by atoms with Gasteiger partial charge < -0.3 is 34.3 Å². The van der Waals surface area contributed by atoms with Crippen molar-refractivity contribution in [2.75, 3.05) is 32.8 Å². The molecule has 0 spiro atoms. The van der Waals surface area contributed by atoms with Crippen molar-refractivity contribution in [3.63, 3.8) is 0 Å². The van der Waals surface area contributed by atoms with E-state index >= 15 is 0 Å². The Hall–Kier alpha value is -3.85. The van der Waals surface area contributed by atoms with Crippen LogP contribution in [0.4, 0.5) is 0 Å². The fraction of sp³-hybridized carbons (Fsp3) is 0.323. The van der Waals surface area contributed by atoms with Gasteiger partial charge in [0.1, 0.15) is 40.8 Å². The van der Waals surface area contributed by atoms with Gasteiger partial charge in [-0.3, -0.25) is 4.98 Å². The zero-order valence-corrected chi connectivity index (χ0v) is 22.2. The van der Waals surface area contributed by atoms with E-state index in [9.17, 15) is 0 Å². The third kappa shape index (κ3) is 5.93. The smallest absolute Gasteiger partial charge is 0.146 e. The third-order valence-electron chi connectivity index (χ3n) is 7.08. The summed E-state index contributed by atoms with van der Waals surface area (Å²) in [5.41, 5.74) is 3.88. The van der Waals surface area contributed by atoms with Crippen LogP contribution < -0.4 is 25.4 Å². The summed E-state index contributed by atoms with van der Waals surface area (Å²) >= 11 is 0. The van der Waals surface area contributed by atoms with Crippen molar-refractivity contribution >= 4 is 21.9 Å². The van der Waals surface area contributed by atoms with Gasteiger partial charge in [-0.1, -0.05) is 12.1 Å². The number of hydrogen-bond donors (Lipinski definition) is 3. The lowest BCUT2D eigenvalue weighted by Gasteiger charge is -2.22. The van der Waals surface area contributed by atoms with Crippen LogP contribution in [0.2, 0.25) is 0 Å². The molecule has 5 aromatic rings. The summed E-state index contributed by atoms with van der Waals surface area (Å²) in [5.74, 6) is 3.36. The second-order valence-corrected chi connectivity index (χ2v) is 9.87. The molecule has 1 aliphatic heterocycles. The van der Waals surface area contributed by atoms with Crippen molar-refractivity contribution in [2.24, 2.45) is 0 Å². The van der Waals surface area contributed by atoms with Gasteiger partial charge in [0.25, 0.3) is 0 Å². The van der Waals surface area contributed by atoms with E-state index in [4.69, 9.17) is 18.3 Å². The first-order valence-corrected chi connectivity index (χ1v) is 13.6. The summed E-state index contributed by atoms with van der Waals surface area (Å²) in [6.45, 7) is 7.46. The molecule has 4 heterocycles. The number of nitrogens with zero attached hydrogens (tertiary/aromatic N) is 1. The number of aromatic nitrogens is 1. The summed E-state index contributed by atoms with van der Waals surface area (Å²) in [6, 6.07) is 18.2. The number of piperazine rings is 1. The lowest BCUT2D eigenvalue weighted by molar-refractivity contribution is 0.273. The second-order valence-electron chi connectivity index (χ2n) is 9.87. The summed E-state index contributed by atoms with van der Waals surface area (Å²) in [5, 5.41) is 12.4. The number of rotatable bonds is 11. The first-order chi connectivity index (χ1) is 19.2. The maximum atomic E-state index is 6.17. The topological polar surface area (TPSA) is 93.7 Å². The van der Waals surface area contributed by atoms with Crippen molar-refractivity contribution in [2.45, 2.75) is 32.5 Å². The van der Waals surface area contributed by atoms with E-state index in [-0.39, 0.29) is 6.04 Å². The van der Waals surface area contributed by atoms with Gasteiger partial charge in [0, 0.05) is 49.5 Å². The summed E-state index contributed by atoms with van der Waals surface area (Å²) < 4.78 is 24.5. The first kappa shape index (κ1) is 25.4. The zero-order valence-electron chi connectivity index (χ0n) is 22.2. The molecule has 8 heteroatoms. The van der Waals surface area contributed by atoms with Gasteiger partial charge in [-0.05, 0) is 67.9 Å². The number of furan rings is 2. The van der Waals surface area contributed by atoms with Crippen LogP contribution in [0, 0.1) is 6.92 Å². The third-order valence-corrected chi connectivity index (χ3v) is 7.08. The van der Waals surface area contributed by atoms with E-state index in [2.05, 4.69) is 40.0 Å². The highest BCUT2D eigenvalue weighted by molar-refractivity contribution is 5.88. The van der Waals surface area contributed by atoms with Crippen molar-refractivity contribution < 1.29 is 18.3 Å². The molecule has 6 rings (SSSR count). The number of aryl methyl sites for hydroxylation is 1. The summed E-state index contributed by atoms with van der Waals surface area (Å²) in [7, 11) is 0. The number of nitrogens with one attached hydrogen (secondary N) is 3. The predicted octanol–water partition coefficient (Wildman–Crippen LogP) is 5.25. The van der Waals surface area contributed by atoms with Gasteiger partial charge in [-0.2, -0.15) is 0 Å². The molecule has 0 saturated carbocycles. The van der Waals surface area contributed by atoms with E-state index in [0.717, 1.165) is 89.7 Å². The molecule has 1 aliphatic rings. The number of benzene rings is 2. The molecule has 39 heavy (non-hydrogen) atoms. The van der Waals surface area contributed by atoms with Crippen LogP contribution in [0.15, 0.2) is 75.8 Å². The predicted molar refractivity (Wildman–Crippen MR) is 151 cm³/mol. The van der Waals surface area contributed by atoms with Crippen molar-refractivity contribution in [3.05, 3.63) is 89.6 Å². The monoisotopic (exact) mass is 526 g/mol. The van der Waals surface area contributed by atoms with Gasteiger partial charge in [-0.15, -0.1) is 0 Å². The Morgan fingerprint density at radius 3 is 2.87 bits per heavy atom. The van der Waals surface area contributed by atoms with Crippen LogP contribution in [-0.2, 0) is 13.2 Å². The maximum absolute atomic E-state index is 6.17.